The number of carbonyl (C=O) groups is 1. The molecule has 0 aromatic heterocycles. The van der Waals surface area contributed by atoms with Gasteiger partial charge in [0.15, 0.2) is 0 Å². The highest BCUT2D eigenvalue weighted by atomic mass is 35.5. The second kappa shape index (κ2) is 6.19. The third-order valence-electron chi connectivity index (χ3n) is 1.09. The molecule has 0 saturated carbocycles. The second-order valence-electron chi connectivity index (χ2n) is 2.28. The summed E-state index contributed by atoms with van der Waals surface area (Å²) < 4.78 is 0. The molecular weight excluding hydrogens is 164 g/mol. The predicted octanol–water partition coefficient (Wildman–Crippen LogP) is 1.10. The van der Waals surface area contributed by atoms with Crippen LogP contribution in [0.5, 0.6) is 0 Å². The molecule has 0 aliphatic heterocycles. The van der Waals surface area contributed by atoms with Gasteiger partial charge in [-0.05, 0) is 13.3 Å². The summed E-state index contributed by atoms with van der Waals surface area (Å²) in [7, 11) is 0. The summed E-state index contributed by atoms with van der Waals surface area (Å²) in [6.07, 6.45) is 0.871. The van der Waals surface area contributed by atoms with Crippen LogP contribution in [0, 0.1) is 0 Å². The zero-order chi connectivity index (χ0) is 8.15. The third kappa shape index (κ3) is 4.81. The molecule has 0 aliphatic carbocycles. The monoisotopic (exact) mass is 178 g/mol. The van der Waals surface area contributed by atoms with Crippen LogP contribution in [0.2, 0.25) is 0 Å². The Balaban J connectivity index is 0. The molecular formula is C7H15ClN2O. The maximum absolute atomic E-state index is 10.9. The number of hydrazine groups is 1. The van der Waals surface area contributed by atoms with Gasteiger partial charge >= 0.3 is 0 Å². The van der Waals surface area contributed by atoms with Crippen molar-refractivity contribution in [2.24, 2.45) is 5.84 Å². The lowest BCUT2D eigenvalue weighted by molar-refractivity contribution is -0.127. The summed E-state index contributed by atoms with van der Waals surface area (Å²) in [4.78, 5) is 10.9. The smallest absolute Gasteiger partial charge is 0.262 e. The molecule has 0 atom stereocenters. The van der Waals surface area contributed by atoms with Gasteiger partial charge in [0.05, 0.1) is 0 Å². The summed E-state index contributed by atoms with van der Waals surface area (Å²) in [5, 5.41) is 1.18. The summed E-state index contributed by atoms with van der Waals surface area (Å²) >= 11 is 0. The molecule has 1 amide bonds. The first kappa shape index (κ1) is 13.1. The van der Waals surface area contributed by atoms with E-state index in [4.69, 9.17) is 5.84 Å². The first-order valence-corrected chi connectivity index (χ1v) is 3.31. The van der Waals surface area contributed by atoms with Crippen LogP contribution < -0.4 is 5.84 Å². The number of carbonyl (C=O) groups excluding carboxylic acids is 1. The Morgan fingerprint density at radius 2 is 2.09 bits per heavy atom. The molecule has 3 nitrogen and oxygen atoms in total. The number of hydrogen-bond acceptors (Lipinski definition) is 2. The minimum Gasteiger partial charge on any atom is -0.277 e. The number of halogens is 1. The fourth-order valence-electron chi connectivity index (χ4n) is 0.588. The van der Waals surface area contributed by atoms with E-state index in [0.29, 0.717) is 12.1 Å². The van der Waals surface area contributed by atoms with Crippen molar-refractivity contribution in [1.82, 2.24) is 5.01 Å². The lowest BCUT2D eigenvalue weighted by Crippen LogP contribution is -2.38. The normalized spacial score (nSPS) is 8.27. The van der Waals surface area contributed by atoms with Gasteiger partial charge in [0, 0.05) is 12.1 Å². The third-order valence-corrected chi connectivity index (χ3v) is 1.09. The van der Waals surface area contributed by atoms with Crippen LogP contribution in [0.25, 0.3) is 0 Å². The maximum Gasteiger partial charge on any atom is 0.262 e. The van der Waals surface area contributed by atoms with Gasteiger partial charge in [-0.15, -0.1) is 12.4 Å². The van der Waals surface area contributed by atoms with E-state index in [-0.39, 0.29) is 18.3 Å². The van der Waals surface area contributed by atoms with Crippen LogP contribution in [-0.2, 0) is 4.79 Å². The van der Waals surface area contributed by atoms with Gasteiger partial charge < -0.3 is 0 Å². The van der Waals surface area contributed by atoms with Crippen molar-refractivity contribution in [2.45, 2.75) is 20.3 Å². The predicted molar refractivity (Wildman–Crippen MR) is 48.3 cm³/mol. The van der Waals surface area contributed by atoms with Crippen molar-refractivity contribution < 1.29 is 4.79 Å². The van der Waals surface area contributed by atoms with Gasteiger partial charge in [0.2, 0.25) is 0 Å². The molecule has 0 aromatic rings. The van der Waals surface area contributed by atoms with Crippen LogP contribution in [0.1, 0.15) is 20.3 Å². The van der Waals surface area contributed by atoms with Crippen LogP contribution in [0.4, 0.5) is 0 Å². The van der Waals surface area contributed by atoms with Crippen LogP contribution in [-0.4, -0.2) is 17.5 Å². The molecule has 11 heavy (non-hydrogen) atoms. The molecule has 0 heterocycles. The van der Waals surface area contributed by atoms with Crippen molar-refractivity contribution in [3.05, 3.63) is 12.2 Å². The zero-order valence-corrected chi connectivity index (χ0v) is 7.78. The summed E-state index contributed by atoms with van der Waals surface area (Å²) in [5.74, 6) is 5.17. The Kier molecular flexibility index (Phi) is 7.36. The number of hydrogen-bond donors (Lipinski definition) is 1. The van der Waals surface area contributed by atoms with Gasteiger partial charge in [-0.2, -0.15) is 0 Å². The highest BCUT2D eigenvalue weighted by Crippen LogP contribution is 1.93. The molecule has 0 bridgehead atoms. The summed E-state index contributed by atoms with van der Waals surface area (Å²) in [6.45, 7) is 7.69. The Morgan fingerprint density at radius 1 is 1.64 bits per heavy atom. The average molecular weight is 179 g/mol. The zero-order valence-electron chi connectivity index (χ0n) is 6.96. The molecule has 0 aromatic carbocycles. The fourth-order valence-corrected chi connectivity index (χ4v) is 0.588. The first-order chi connectivity index (χ1) is 4.59. The summed E-state index contributed by atoms with van der Waals surface area (Å²) in [5.41, 5.74) is 0.482. The van der Waals surface area contributed by atoms with Crippen LogP contribution in [0.3, 0.4) is 0 Å². The van der Waals surface area contributed by atoms with E-state index in [1.807, 2.05) is 6.92 Å². The summed E-state index contributed by atoms with van der Waals surface area (Å²) in [6, 6.07) is 0. The number of amides is 1. The highest BCUT2D eigenvalue weighted by molar-refractivity contribution is 5.91. The van der Waals surface area contributed by atoms with E-state index in [1.54, 1.807) is 6.92 Å². The lowest BCUT2D eigenvalue weighted by atomic mass is 10.3. The van der Waals surface area contributed by atoms with Crippen LogP contribution >= 0.6 is 12.4 Å². The Bertz CT molecular complexity index is 147. The first-order valence-electron chi connectivity index (χ1n) is 3.31. The van der Waals surface area contributed by atoms with Gasteiger partial charge in [-0.3, -0.25) is 9.80 Å². The van der Waals surface area contributed by atoms with Crippen molar-refractivity contribution in [3.63, 3.8) is 0 Å². The number of nitrogens with two attached hydrogens (primary N) is 1. The molecule has 0 radical (unpaired) electrons. The standard InChI is InChI=1S/C7H14N2O.ClH/c1-4-5-9(8)7(10)6(2)3;/h2,4-5,8H2,1,3H3;1H. The molecule has 4 heteroatoms. The van der Waals surface area contributed by atoms with Crippen molar-refractivity contribution >= 4 is 18.3 Å². The van der Waals surface area contributed by atoms with Gasteiger partial charge in [-0.1, -0.05) is 13.5 Å². The van der Waals surface area contributed by atoms with Gasteiger partial charge in [-0.25, -0.2) is 5.84 Å². The Morgan fingerprint density at radius 3 is 2.36 bits per heavy atom. The SMILES string of the molecule is C=C(C)C(=O)N(N)CCC.Cl. The molecule has 0 spiro atoms. The molecule has 66 valence electrons. The molecule has 0 rings (SSSR count). The average Bonchev–Trinajstić information content (AvgIpc) is 1.87. The fraction of sp³-hybridized carbons (Fsp3) is 0.571. The Labute approximate surface area is 73.6 Å². The lowest BCUT2D eigenvalue weighted by Gasteiger charge is -2.14. The second-order valence-corrected chi connectivity index (χ2v) is 2.28. The van der Waals surface area contributed by atoms with E-state index in [9.17, 15) is 4.79 Å². The van der Waals surface area contributed by atoms with Crippen molar-refractivity contribution in [1.29, 1.82) is 0 Å². The van der Waals surface area contributed by atoms with E-state index < -0.39 is 0 Å². The van der Waals surface area contributed by atoms with Crippen LogP contribution in [0.15, 0.2) is 12.2 Å². The van der Waals surface area contributed by atoms with Crippen molar-refractivity contribution in [2.75, 3.05) is 6.54 Å². The maximum atomic E-state index is 10.9. The minimum atomic E-state index is -0.179. The molecule has 2 N–H and O–H groups in total. The topological polar surface area (TPSA) is 46.3 Å². The molecule has 0 saturated heterocycles. The van der Waals surface area contributed by atoms with E-state index in [0.717, 1.165) is 6.42 Å². The quantitative estimate of drug-likeness (QED) is 0.305. The van der Waals surface area contributed by atoms with Gasteiger partial charge in [0.1, 0.15) is 0 Å². The minimum absolute atomic E-state index is 0. The van der Waals surface area contributed by atoms with E-state index in [2.05, 4.69) is 6.58 Å². The Hall–Kier alpha value is -0.540. The molecule has 0 aliphatic rings. The van der Waals surface area contributed by atoms with Gasteiger partial charge in [0.25, 0.3) is 5.91 Å². The molecule has 0 unspecified atom stereocenters. The molecule has 0 fully saturated rings. The number of nitrogens with zero attached hydrogens (tertiary/aromatic N) is 1. The number of rotatable bonds is 3. The van der Waals surface area contributed by atoms with Crippen molar-refractivity contribution in [3.8, 4) is 0 Å². The highest BCUT2D eigenvalue weighted by Gasteiger charge is 2.06. The van der Waals surface area contributed by atoms with E-state index in [1.165, 1.54) is 5.01 Å². The largest absolute Gasteiger partial charge is 0.277 e. The van der Waals surface area contributed by atoms with E-state index >= 15 is 0 Å².